The third-order valence-corrected chi connectivity index (χ3v) is 4.38. The minimum absolute atomic E-state index is 0.0404. The number of ether oxygens (including phenoxy) is 2. The van der Waals surface area contributed by atoms with E-state index in [1.807, 2.05) is 53.4 Å². The molecule has 6 heteroatoms. The number of rotatable bonds is 6. The van der Waals surface area contributed by atoms with E-state index in [0.29, 0.717) is 26.2 Å². The molecule has 0 aromatic heterocycles. The van der Waals surface area contributed by atoms with Gasteiger partial charge >= 0.3 is 6.03 Å². The Morgan fingerprint density at radius 3 is 2.42 bits per heavy atom. The molecule has 138 valence electrons. The predicted octanol–water partition coefficient (Wildman–Crippen LogP) is 2.61. The van der Waals surface area contributed by atoms with Crippen molar-refractivity contribution in [3.63, 3.8) is 0 Å². The normalized spacial score (nSPS) is 14.0. The molecule has 0 aliphatic carbocycles. The number of benzene rings is 2. The first kappa shape index (κ1) is 17.9. The molecule has 1 saturated heterocycles. The molecule has 1 N–H and O–H groups in total. The predicted molar refractivity (Wildman–Crippen MR) is 102 cm³/mol. The first-order valence-corrected chi connectivity index (χ1v) is 8.86. The van der Waals surface area contributed by atoms with Gasteiger partial charge in [-0.1, -0.05) is 30.3 Å². The van der Waals surface area contributed by atoms with Gasteiger partial charge in [0.2, 0.25) is 0 Å². The second kappa shape index (κ2) is 8.99. The Hall–Kier alpha value is -2.89. The first-order valence-electron chi connectivity index (χ1n) is 8.86. The zero-order valence-corrected chi connectivity index (χ0v) is 15.1. The van der Waals surface area contributed by atoms with Crippen molar-refractivity contribution in [2.45, 2.75) is 0 Å². The number of piperazine rings is 1. The van der Waals surface area contributed by atoms with E-state index in [9.17, 15) is 4.79 Å². The Kier molecular flexibility index (Phi) is 6.19. The van der Waals surface area contributed by atoms with Crippen LogP contribution in [0.5, 0.6) is 11.5 Å². The number of amides is 2. The van der Waals surface area contributed by atoms with E-state index in [1.165, 1.54) is 0 Å². The molecular formula is C20H25N3O3. The maximum absolute atomic E-state index is 12.3. The molecule has 2 aromatic carbocycles. The third kappa shape index (κ3) is 4.59. The summed E-state index contributed by atoms with van der Waals surface area (Å²) in [6.45, 7) is 3.88. The van der Waals surface area contributed by atoms with Crippen molar-refractivity contribution in [2.75, 3.05) is 51.3 Å². The van der Waals surface area contributed by atoms with E-state index >= 15 is 0 Å². The number of hydrogen-bond acceptors (Lipinski definition) is 4. The first-order chi connectivity index (χ1) is 12.8. The highest BCUT2D eigenvalue weighted by molar-refractivity contribution is 5.74. The van der Waals surface area contributed by atoms with Gasteiger partial charge in [-0.2, -0.15) is 0 Å². The lowest BCUT2D eigenvalue weighted by atomic mass is 10.2. The van der Waals surface area contributed by atoms with Crippen LogP contribution in [-0.2, 0) is 0 Å². The number of methoxy groups -OCH3 is 1. The van der Waals surface area contributed by atoms with Gasteiger partial charge in [0, 0.05) is 26.2 Å². The van der Waals surface area contributed by atoms with Crippen molar-refractivity contribution in [1.82, 2.24) is 10.2 Å². The zero-order chi connectivity index (χ0) is 18.2. The van der Waals surface area contributed by atoms with Crippen LogP contribution >= 0.6 is 0 Å². The van der Waals surface area contributed by atoms with Crippen LogP contribution in [-0.4, -0.2) is 57.4 Å². The van der Waals surface area contributed by atoms with Crippen molar-refractivity contribution in [3.8, 4) is 11.5 Å². The van der Waals surface area contributed by atoms with Gasteiger partial charge in [0.15, 0.2) is 0 Å². The van der Waals surface area contributed by atoms with Gasteiger partial charge in [0.05, 0.1) is 19.3 Å². The summed E-state index contributed by atoms with van der Waals surface area (Å²) >= 11 is 0. The maximum atomic E-state index is 12.3. The van der Waals surface area contributed by atoms with E-state index in [-0.39, 0.29) is 6.03 Å². The smallest absolute Gasteiger partial charge is 0.317 e. The number of anilines is 1. The van der Waals surface area contributed by atoms with E-state index in [2.05, 4.69) is 16.3 Å². The largest absolute Gasteiger partial charge is 0.495 e. The number of carbonyl (C=O) groups excluding carboxylic acids is 1. The van der Waals surface area contributed by atoms with Crippen molar-refractivity contribution in [1.29, 1.82) is 0 Å². The van der Waals surface area contributed by atoms with Crippen LogP contribution in [0.25, 0.3) is 0 Å². The van der Waals surface area contributed by atoms with Crippen LogP contribution in [0.15, 0.2) is 54.6 Å². The second-order valence-electron chi connectivity index (χ2n) is 6.04. The Morgan fingerprint density at radius 1 is 1.00 bits per heavy atom. The molecule has 6 nitrogen and oxygen atoms in total. The summed E-state index contributed by atoms with van der Waals surface area (Å²) < 4.78 is 11.0. The summed E-state index contributed by atoms with van der Waals surface area (Å²) in [4.78, 5) is 16.4. The number of para-hydroxylation sites is 3. The molecular weight excluding hydrogens is 330 g/mol. The lowest BCUT2D eigenvalue weighted by molar-refractivity contribution is 0.191. The SMILES string of the molecule is COc1ccccc1N1CCN(C(=O)NCCOc2ccccc2)CC1. The monoisotopic (exact) mass is 355 g/mol. The molecule has 2 aromatic rings. The number of nitrogens with zero attached hydrogens (tertiary/aromatic N) is 2. The fourth-order valence-corrected chi connectivity index (χ4v) is 3.00. The Balaban J connectivity index is 1.41. The summed E-state index contributed by atoms with van der Waals surface area (Å²) in [5, 5.41) is 2.92. The summed E-state index contributed by atoms with van der Waals surface area (Å²) in [5.41, 5.74) is 1.08. The Bertz CT molecular complexity index is 700. The Labute approximate surface area is 154 Å². The Morgan fingerprint density at radius 2 is 1.69 bits per heavy atom. The lowest BCUT2D eigenvalue weighted by Gasteiger charge is -2.36. The van der Waals surface area contributed by atoms with E-state index in [0.717, 1.165) is 30.3 Å². The molecule has 0 spiro atoms. The van der Waals surface area contributed by atoms with E-state index < -0.39 is 0 Å². The number of hydrogen-bond donors (Lipinski definition) is 1. The van der Waals surface area contributed by atoms with Crippen molar-refractivity contribution < 1.29 is 14.3 Å². The molecule has 0 atom stereocenters. The van der Waals surface area contributed by atoms with Crippen LogP contribution < -0.4 is 19.7 Å². The van der Waals surface area contributed by atoms with Crippen molar-refractivity contribution >= 4 is 11.7 Å². The van der Waals surface area contributed by atoms with Crippen LogP contribution in [0.3, 0.4) is 0 Å². The molecule has 1 aliphatic heterocycles. The number of urea groups is 1. The third-order valence-electron chi connectivity index (χ3n) is 4.38. The number of carbonyl (C=O) groups is 1. The van der Waals surface area contributed by atoms with Gasteiger partial charge in [0.1, 0.15) is 18.1 Å². The highest BCUT2D eigenvalue weighted by atomic mass is 16.5. The standard InChI is InChI=1S/C20H25N3O3/c1-25-19-10-6-5-9-18(19)22-12-14-23(15-13-22)20(24)21-11-16-26-17-7-3-2-4-8-17/h2-10H,11-16H2,1H3,(H,21,24). The molecule has 26 heavy (non-hydrogen) atoms. The highest BCUT2D eigenvalue weighted by Crippen LogP contribution is 2.28. The van der Waals surface area contributed by atoms with Gasteiger partial charge in [-0.15, -0.1) is 0 Å². The maximum Gasteiger partial charge on any atom is 0.317 e. The highest BCUT2D eigenvalue weighted by Gasteiger charge is 2.22. The minimum Gasteiger partial charge on any atom is -0.495 e. The van der Waals surface area contributed by atoms with Crippen molar-refractivity contribution in [2.24, 2.45) is 0 Å². The zero-order valence-electron chi connectivity index (χ0n) is 15.1. The van der Waals surface area contributed by atoms with Gasteiger partial charge < -0.3 is 24.6 Å². The molecule has 2 amide bonds. The van der Waals surface area contributed by atoms with Gasteiger partial charge in [-0.3, -0.25) is 0 Å². The summed E-state index contributed by atoms with van der Waals surface area (Å²) in [5.74, 6) is 1.68. The van der Waals surface area contributed by atoms with Crippen LogP contribution in [0.1, 0.15) is 0 Å². The fraction of sp³-hybridized carbons (Fsp3) is 0.350. The molecule has 0 radical (unpaired) electrons. The van der Waals surface area contributed by atoms with Gasteiger partial charge in [0.25, 0.3) is 0 Å². The lowest BCUT2D eigenvalue weighted by Crippen LogP contribution is -2.52. The van der Waals surface area contributed by atoms with Crippen LogP contribution in [0.4, 0.5) is 10.5 Å². The van der Waals surface area contributed by atoms with E-state index in [4.69, 9.17) is 9.47 Å². The molecule has 1 fully saturated rings. The van der Waals surface area contributed by atoms with Crippen molar-refractivity contribution in [3.05, 3.63) is 54.6 Å². The topological polar surface area (TPSA) is 54.0 Å². The summed E-state index contributed by atoms with van der Waals surface area (Å²) in [6, 6.07) is 17.5. The average Bonchev–Trinajstić information content (AvgIpc) is 2.72. The molecule has 0 saturated carbocycles. The quantitative estimate of drug-likeness (QED) is 0.810. The van der Waals surface area contributed by atoms with Crippen LogP contribution in [0.2, 0.25) is 0 Å². The summed E-state index contributed by atoms with van der Waals surface area (Å²) in [6.07, 6.45) is 0. The van der Waals surface area contributed by atoms with Gasteiger partial charge in [-0.25, -0.2) is 4.79 Å². The molecule has 0 unspecified atom stereocenters. The molecule has 0 bridgehead atoms. The fourth-order valence-electron chi connectivity index (χ4n) is 3.00. The molecule has 1 heterocycles. The number of nitrogens with one attached hydrogen (secondary N) is 1. The average molecular weight is 355 g/mol. The second-order valence-corrected chi connectivity index (χ2v) is 6.04. The summed E-state index contributed by atoms with van der Waals surface area (Å²) in [7, 11) is 1.68. The molecule has 3 rings (SSSR count). The van der Waals surface area contributed by atoms with Gasteiger partial charge in [-0.05, 0) is 24.3 Å². The van der Waals surface area contributed by atoms with E-state index in [1.54, 1.807) is 7.11 Å². The van der Waals surface area contributed by atoms with Crippen LogP contribution in [0, 0.1) is 0 Å². The molecule has 1 aliphatic rings. The minimum atomic E-state index is -0.0404.